The molecule has 1 aliphatic heterocycles. The number of nitrogens with zero attached hydrogens (tertiary/aromatic N) is 1. The van der Waals surface area contributed by atoms with Crippen LogP contribution >= 0.6 is 0 Å². The van der Waals surface area contributed by atoms with E-state index in [1.165, 1.54) is 0 Å². The number of carbonyl (C=O) groups excluding carboxylic acids is 2. The standard InChI is InChI=1S/C21H24N2O4/c1-26-18-9-8-15(19(13-18)27-2)10-11-22-21(25)16-12-20(24)23(14-16)17-6-4-3-5-7-17/h3-9,13,16H,10-12,14H2,1-2H3,(H,22,25). The molecular weight excluding hydrogens is 344 g/mol. The van der Waals surface area contributed by atoms with E-state index in [0.717, 1.165) is 22.7 Å². The van der Waals surface area contributed by atoms with E-state index in [0.29, 0.717) is 19.5 Å². The van der Waals surface area contributed by atoms with Gasteiger partial charge < -0.3 is 19.7 Å². The largest absolute Gasteiger partial charge is 0.497 e. The van der Waals surface area contributed by atoms with Gasteiger partial charge in [0, 0.05) is 31.3 Å². The molecule has 0 radical (unpaired) electrons. The lowest BCUT2D eigenvalue weighted by atomic mass is 10.1. The molecule has 0 aliphatic carbocycles. The lowest BCUT2D eigenvalue weighted by Gasteiger charge is -2.16. The van der Waals surface area contributed by atoms with E-state index in [4.69, 9.17) is 9.47 Å². The summed E-state index contributed by atoms with van der Waals surface area (Å²) < 4.78 is 10.6. The van der Waals surface area contributed by atoms with Gasteiger partial charge in [-0.3, -0.25) is 9.59 Å². The van der Waals surface area contributed by atoms with Gasteiger partial charge in [-0.1, -0.05) is 24.3 Å². The van der Waals surface area contributed by atoms with Crippen molar-refractivity contribution < 1.29 is 19.1 Å². The number of benzene rings is 2. The van der Waals surface area contributed by atoms with Crippen molar-refractivity contribution in [2.45, 2.75) is 12.8 Å². The summed E-state index contributed by atoms with van der Waals surface area (Å²) in [5.41, 5.74) is 1.83. The van der Waals surface area contributed by atoms with Gasteiger partial charge in [-0.05, 0) is 30.2 Å². The summed E-state index contributed by atoms with van der Waals surface area (Å²) in [6.45, 7) is 0.901. The summed E-state index contributed by atoms with van der Waals surface area (Å²) in [5.74, 6) is 1.03. The molecule has 0 aromatic heterocycles. The van der Waals surface area contributed by atoms with Crippen LogP contribution in [0.25, 0.3) is 0 Å². The van der Waals surface area contributed by atoms with Crippen LogP contribution in [0.15, 0.2) is 48.5 Å². The fourth-order valence-corrected chi connectivity index (χ4v) is 3.26. The lowest BCUT2D eigenvalue weighted by molar-refractivity contribution is -0.126. The Bertz CT molecular complexity index is 807. The molecule has 2 aromatic carbocycles. The molecule has 1 fully saturated rings. The Balaban J connectivity index is 1.54. The highest BCUT2D eigenvalue weighted by molar-refractivity contribution is 6.00. The average Bonchev–Trinajstić information content (AvgIpc) is 3.10. The number of para-hydroxylation sites is 1. The molecule has 1 unspecified atom stereocenters. The Kier molecular flexibility index (Phi) is 5.96. The second-order valence-electron chi connectivity index (χ2n) is 6.46. The summed E-state index contributed by atoms with van der Waals surface area (Å²) >= 11 is 0. The van der Waals surface area contributed by atoms with Gasteiger partial charge in [-0.25, -0.2) is 0 Å². The highest BCUT2D eigenvalue weighted by atomic mass is 16.5. The monoisotopic (exact) mass is 368 g/mol. The first-order valence-electron chi connectivity index (χ1n) is 8.96. The van der Waals surface area contributed by atoms with Crippen LogP contribution in [0, 0.1) is 5.92 Å². The minimum Gasteiger partial charge on any atom is -0.497 e. The first-order valence-corrected chi connectivity index (χ1v) is 8.96. The normalized spacial score (nSPS) is 16.3. The third-order valence-electron chi connectivity index (χ3n) is 4.75. The molecule has 1 N–H and O–H groups in total. The second kappa shape index (κ2) is 8.58. The molecule has 3 rings (SSSR count). The maximum atomic E-state index is 12.5. The SMILES string of the molecule is COc1ccc(CCNC(=O)C2CC(=O)N(c3ccccc3)C2)c(OC)c1. The van der Waals surface area contributed by atoms with E-state index in [-0.39, 0.29) is 24.2 Å². The van der Waals surface area contributed by atoms with Crippen molar-refractivity contribution in [2.24, 2.45) is 5.92 Å². The Morgan fingerprint density at radius 2 is 1.93 bits per heavy atom. The van der Waals surface area contributed by atoms with Crippen LogP contribution in [0.3, 0.4) is 0 Å². The van der Waals surface area contributed by atoms with Crippen molar-refractivity contribution in [3.63, 3.8) is 0 Å². The number of hydrogen-bond donors (Lipinski definition) is 1. The van der Waals surface area contributed by atoms with Crippen LogP contribution in [-0.2, 0) is 16.0 Å². The third kappa shape index (κ3) is 4.39. The zero-order valence-corrected chi connectivity index (χ0v) is 15.6. The Labute approximate surface area is 159 Å². The number of anilines is 1. The van der Waals surface area contributed by atoms with Gasteiger partial charge in [-0.2, -0.15) is 0 Å². The molecule has 0 saturated carbocycles. The molecule has 1 atom stereocenters. The summed E-state index contributed by atoms with van der Waals surface area (Å²) in [6.07, 6.45) is 0.883. The van der Waals surface area contributed by atoms with Crippen LogP contribution in [0.5, 0.6) is 11.5 Å². The summed E-state index contributed by atoms with van der Waals surface area (Å²) in [5, 5.41) is 2.94. The van der Waals surface area contributed by atoms with Crippen molar-refractivity contribution in [1.82, 2.24) is 5.32 Å². The molecule has 0 spiro atoms. The van der Waals surface area contributed by atoms with Crippen molar-refractivity contribution >= 4 is 17.5 Å². The van der Waals surface area contributed by atoms with E-state index in [1.54, 1.807) is 19.1 Å². The number of rotatable bonds is 7. The molecule has 1 aliphatic rings. The van der Waals surface area contributed by atoms with Crippen LogP contribution in [-0.4, -0.2) is 39.1 Å². The predicted molar refractivity (Wildman–Crippen MR) is 103 cm³/mol. The van der Waals surface area contributed by atoms with Crippen LogP contribution < -0.4 is 19.7 Å². The maximum Gasteiger partial charge on any atom is 0.227 e. The maximum absolute atomic E-state index is 12.5. The number of carbonyl (C=O) groups is 2. The molecule has 6 heteroatoms. The van der Waals surface area contributed by atoms with E-state index in [9.17, 15) is 9.59 Å². The molecule has 27 heavy (non-hydrogen) atoms. The van der Waals surface area contributed by atoms with Crippen LogP contribution in [0.4, 0.5) is 5.69 Å². The molecule has 1 heterocycles. The minimum absolute atomic E-state index is 0.0156. The quantitative estimate of drug-likeness (QED) is 0.815. The van der Waals surface area contributed by atoms with E-state index in [1.807, 2.05) is 48.5 Å². The number of ether oxygens (including phenoxy) is 2. The van der Waals surface area contributed by atoms with Gasteiger partial charge in [0.05, 0.1) is 20.1 Å². The Morgan fingerprint density at radius 3 is 2.63 bits per heavy atom. The zero-order valence-electron chi connectivity index (χ0n) is 15.6. The van der Waals surface area contributed by atoms with Crippen molar-refractivity contribution in [1.29, 1.82) is 0 Å². The predicted octanol–water partition coefficient (Wildman–Crippen LogP) is 2.42. The second-order valence-corrected chi connectivity index (χ2v) is 6.46. The van der Waals surface area contributed by atoms with Gasteiger partial charge >= 0.3 is 0 Å². The summed E-state index contributed by atoms with van der Waals surface area (Å²) in [4.78, 5) is 26.4. The Morgan fingerprint density at radius 1 is 1.15 bits per heavy atom. The molecule has 2 aromatic rings. The summed E-state index contributed by atoms with van der Waals surface area (Å²) in [6, 6.07) is 15.1. The van der Waals surface area contributed by atoms with Crippen LogP contribution in [0.1, 0.15) is 12.0 Å². The van der Waals surface area contributed by atoms with Gasteiger partial charge in [-0.15, -0.1) is 0 Å². The number of amides is 2. The highest BCUT2D eigenvalue weighted by Crippen LogP contribution is 2.26. The molecule has 142 valence electrons. The molecule has 6 nitrogen and oxygen atoms in total. The summed E-state index contributed by atoms with van der Waals surface area (Å²) in [7, 11) is 3.22. The zero-order chi connectivity index (χ0) is 19.2. The topological polar surface area (TPSA) is 67.9 Å². The van der Waals surface area contributed by atoms with Crippen LogP contribution in [0.2, 0.25) is 0 Å². The minimum atomic E-state index is -0.324. The first kappa shape index (κ1) is 18.8. The van der Waals surface area contributed by atoms with E-state index in [2.05, 4.69) is 5.32 Å². The smallest absolute Gasteiger partial charge is 0.227 e. The highest BCUT2D eigenvalue weighted by Gasteiger charge is 2.34. The van der Waals surface area contributed by atoms with Crippen molar-refractivity contribution in [3.8, 4) is 11.5 Å². The average molecular weight is 368 g/mol. The third-order valence-corrected chi connectivity index (χ3v) is 4.75. The fourth-order valence-electron chi connectivity index (χ4n) is 3.26. The lowest BCUT2D eigenvalue weighted by Crippen LogP contribution is -2.34. The molecule has 1 saturated heterocycles. The van der Waals surface area contributed by atoms with Gasteiger partial charge in [0.25, 0.3) is 0 Å². The number of hydrogen-bond acceptors (Lipinski definition) is 4. The first-order chi connectivity index (χ1) is 13.1. The Hall–Kier alpha value is -3.02. The molecular formula is C21H24N2O4. The number of methoxy groups -OCH3 is 2. The number of nitrogens with one attached hydrogen (secondary N) is 1. The van der Waals surface area contributed by atoms with Crippen molar-refractivity contribution in [3.05, 3.63) is 54.1 Å². The van der Waals surface area contributed by atoms with Gasteiger partial charge in [0.1, 0.15) is 11.5 Å². The van der Waals surface area contributed by atoms with Gasteiger partial charge in [0.2, 0.25) is 11.8 Å². The molecule has 2 amide bonds. The van der Waals surface area contributed by atoms with Crippen molar-refractivity contribution in [2.75, 3.05) is 32.2 Å². The van der Waals surface area contributed by atoms with E-state index < -0.39 is 0 Å². The van der Waals surface area contributed by atoms with E-state index >= 15 is 0 Å². The fraction of sp³-hybridized carbons (Fsp3) is 0.333. The molecule has 0 bridgehead atoms. The van der Waals surface area contributed by atoms with Gasteiger partial charge in [0.15, 0.2) is 0 Å².